The van der Waals surface area contributed by atoms with E-state index in [4.69, 9.17) is 0 Å². The first-order chi connectivity index (χ1) is 14.9. The average Bonchev–Trinajstić information content (AvgIpc) is 3.22. The van der Waals surface area contributed by atoms with Crippen LogP contribution in [0, 0.1) is 6.92 Å². The summed E-state index contributed by atoms with van der Waals surface area (Å²) in [5.74, 6) is -0.151. The minimum atomic E-state index is -4.05. The van der Waals surface area contributed by atoms with Crippen molar-refractivity contribution in [2.75, 3.05) is 5.32 Å². The van der Waals surface area contributed by atoms with Crippen LogP contribution in [0.2, 0.25) is 0 Å². The van der Waals surface area contributed by atoms with E-state index in [1.807, 2.05) is 43.3 Å². The second-order valence-electron chi connectivity index (χ2n) is 6.91. The maximum absolute atomic E-state index is 13.2. The zero-order valence-electron chi connectivity index (χ0n) is 16.5. The van der Waals surface area contributed by atoms with Crippen LogP contribution in [0.25, 0.3) is 11.0 Å². The van der Waals surface area contributed by atoms with Gasteiger partial charge in [-0.05, 0) is 43.2 Å². The van der Waals surface area contributed by atoms with Crippen molar-refractivity contribution in [3.05, 3.63) is 78.0 Å². The van der Waals surface area contributed by atoms with Crippen LogP contribution in [0.4, 0.5) is 5.82 Å². The molecule has 2 N–H and O–H groups in total. The molecule has 4 rings (SSSR count). The molecule has 0 aliphatic carbocycles. The van der Waals surface area contributed by atoms with E-state index in [0.717, 1.165) is 23.0 Å². The number of hydrogen-bond donors (Lipinski definition) is 2. The van der Waals surface area contributed by atoms with Gasteiger partial charge in [-0.1, -0.05) is 42.5 Å². The molecule has 8 nitrogen and oxygen atoms in total. The molecule has 0 radical (unpaired) electrons. The van der Waals surface area contributed by atoms with Gasteiger partial charge < -0.3 is 5.32 Å². The van der Waals surface area contributed by atoms with E-state index >= 15 is 0 Å². The van der Waals surface area contributed by atoms with Crippen molar-refractivity contribution in [3.8, 4) is 0 Å². The Kier molecular flexibility index (Phi) is 6.03. The Morgan fingerprint density at radius 3 is 2.55 bits per heavy atom. The molecule has 2 aromatic carbocycles. The molecule has 1 amide bonds. The Labute approximate surface area is 183 Å². The van der Waals surface area contributed by atoms with Crippen LogP contribution in [-0.4, -0.2) is 34.1 Å². The highest BCUT2D eigenvalue weighted by molar-refractivity contribution is 7.89. The first-order valence-corrected chi connectivity index (χ1v) is 11.7. The number of amides is 1. The van der Waals surface area contributed by atoms with Crippen LogP contribution in [0.15, 0.2) is 71.6 Å². The predicted octanol–water partition coefficient (Wildman–Crippen LogP) is 2.92. The molecule has 0 unspecified atom stereocenters. The molecular formula is C21H19N5O3S2. The smallest absolute Gasteiger partial charge is 0.244 e. The lowest BCUT2D eigenvalue weighted by Crippen LogP contribution is -2.45. The Morgan fingerprint density at radius 2 is 1.77 bits per heavy atom. The number of rotatable bonds is 7. The molecule has 10 heteroatoms. The van der Waals surface area contributed by atoms with Gasteiger partial charge in [0.25, 0.3) is 0 Å². The Bertz CT molecular complexity index is 1320. The van der Waals surface area contributed by atoms with Crippen LogP contribution in [0.5, 0.6) is 0 Å². The van der Waals surface area contributed by atoms with Crippen LogP contribution in [0.1, 0.15) is 11.3 Å². The third-order valence-corrected chi connectivity index (χ3v) is 6.62. The van der Waals surface area contributed by atoms with Gasteiger partial charge in [0.2, 0.25) is 15.9 Å². The molecule has 158 valence electrons. The van der Waals surface area contributed by atoms with Gasteiger partial charge in [-0.3, -0.25) is 4.79 Å². The van der Waals surface area contributed by atoms with Gasteiger partial charge in [-0.15, -0.1) is 0 Å². The van der Waals surface area contributed by atoms with Gasteiger partial charge in [-0.25, -0.2) is 13.4 Å². The topological polar surface area (TPSA) is 114 Å². The van der Waals surface area contributed by atoms with Crippen molar-refractivity contribution in [3.63, 3.8) is 0 Å². The normalized spacial score (nSPS) is 12.5. The molecule has 0 aliphatic rings. The van der Waals surface area contributed by atoms with E-state index in [2.05, 4.69) is 23.8 Å². The molecule has 0 saturated carbocycles. The van der Waals surface area contributed by atoms with Gasteiger partial charge in [0, 0.05) is 5.69 Å². The number of aryl methyl sites for hydroxylation is 1. The van der Waals surface area contributed by atoms with Crippen molar-refractivity contribution < 1.29 is 13.2 Å². The zero-order valence-corrected chi connectivity index (χ0v) is 18.2. The number of benzene rings is 2. The van der Waals surface area contributed by atoms with E-state index in [-0.39, 0.29) is 16.8 Å². The van der Waals surface area contributed by atoms with E-state index < -0.39 is 22.0 Å². The fourth-order valence-electron chi connectivity index (χ4n) is 3.11. The summed E-state index contributed by atoms with van der Waals surface area (Å²) >= 11 is 0.934. The number of pyridine rings is 1. The van der Waals surface area contributed by atoms with E-state index in [9.17, 15) is 13.2 Å². The monoisotopic (exact) mass is 453 g/mol. The molecule has 31 heavy (non-hydrogen) atoms. The lowest BCUT2D eigenvalue weighted by molar-refractivity contribution is -0.117. The van der Waals surface area contributed by atoms with Gasteiger partial charge in [-0.2, -0.15) is 13.5 Å². The largest absolute Gasteiger partial charge is 0.309 e. The van der Waals surface area contributed by atoms with Crippen LogP contribution < -0.4 is 10.0 Å². The summed E-state index contributed by atoms with van der Waals surface area (Å²) in [5.41, 5.74) is 2.32. The van der Waals surface area contributed by atoms with E-state index in [0.29, 0.717) is 11.3 Å². The Hall–Kier alpha value is -3.21. The molecule has 2 aromatic heterocycles. The molecule has 2 heterocycles. The molecule has 0 fully saturated rings. The van der Waals surface area contributed by atoms with Gasteiger partial charge in [0.05, 0.1) is 11.7 Å². The number of carbonyl (C=O) groups is 1. The minimum Gasteiger partial charge on any atom is -0.309 e. The molecule has 0 aliphatic heterocycles. The fourth-order valence-corrected chi connectivity index (χ4v) is 5.07. The molecule has 0 saturated heterocycles. The summed E-state index contributed by atoms with van der Waals surface area (Å²) in [4.78, 5) is 17.3. The number of nitrogens with one attached hydrogen (secondary N) is 2. The SMILES string of the molecule is Cc1cccc(NC(=O)[C@@H](Cc2ccccc2)NS(=O)(=O)c2cccc3nsnc23)n1. The predicted molar refractivity (Wildman–Crippen MR) is 119 cm³/mol. The standard InChI is InChI=1S/C21H19N5O3S2/c1-14-7-5-12-19(22-14)23-21(27)17(13-15-8-3-2-4-9-15)26-31(28,29)18-11-6-10-16-20(18)25-30-24-16/h2-12,17,26H,13H2,1H3,(H,22,23,27)/t17-/m1/s1. The number of aromatic nitrogens is 3. The first kappa shape index (κ1) is 21.0. The van der Waals surface area contributed by atoms with E-state index in [1.165, 1.54) is 6.07 Å². The molecule has 1 atom stereocenters. The number of carbonyl (C=O) groups excluding carboxylic acids is 1. The van der Waals surface area contributed by atoms with Crippen molar-refractivity contribution >= 4 is 44.5 Å². The van der Waals surface area contributed by atoms with Gasteiger partial charge in [0.1, 0.15) is 27.8 Å². The highest BCUT2D eigenvalue weighted by atomic mass is 32.2. The molecule has 0 spiro atoms. The highest BCUT2D eigenvalue weighted by Gasteiger charge is 2.28. The summed E-state index contributed by atoms with van der Waals surface area (Å²) in [6, 6.07) is 18.1. The quantitative estimate of drug-likeness (QED) is 0.445. The zero-order chi connectivity index (χ0) is 21.8. The summed E-state index contributed by atoms with van der Waals surface area (Å²) in [5, 5.41) is 2.71. The van der Waals surface area contributed by atoms with Crippen molar-refractivity contribution in [1.82, 2.24) is 18.5 Å². The number of sulfonamides is 1. The summed E-state index contributed by atoms with van der Waals surface area (Å²) < 4.78 is 37.1. The third-order valence-electron chi connectivity index (χ3n) is 4.57. The molecular weight excluding hydrogens is 434 g/mol. The van der Waals surface area contributed by atoms with E-state index in [1.54, 1.807) is 24.3 Å². The summed E-state index contributed by atoms with van der Waals surface area (Å²) in [6.45, 7) is 1.81. The lowest BCUT2D eigenvalue weighted by atomic mass is 10.1. The Morgan fingerprint density at radius 1 is 1.00 bits per heavy atom. The van der Waals surface area contributed by atoms with Crippen molar-refractivity contribution in [2.45, 2.75) is 24.3 Å². The number of fused-ring (bicyclic) bond motifs is 1. The van der Waals surface area contributed by atoms with Gasteiger partial charge in [0.15, 0.2) is 0 Å². The number of hydrogen-bond acceptors (Lipinski definition) is 7. The summed E-state index contributed by atoms with van der Waals surface area (Å²) in [6.07, 6.45) is 0.170. The van der Waals surface area contributed by atoms with Crippen LogP contribution in [0.3, 0.4) is 0 Å². The fraction of sp³-hybridized carbons (Fsp3) is 0.143. The second kappa shape index (κ2) is 8.88. The average molecular weight is 454 g/mol. The first-order valence-electron chi connectivity index (χ1n) is 9.44. The molecule has 0 bridgehead atoms. The van der Waals surface area contributed by atoms with Crippen molar-refractivity contribution in [1.29, 1.82) is 0 Å². The third kappa shape index (κ3) is 4.93. The maximum atomic E-state index is 13.2. The number of nitrogens with zero attached hydrogens (tertiary/aromatic N) is 3. The second-order valence-corrected chi connectivity index (χ2v) is 9.12. The van der Waals surface area contributed by atoms with Gasteiger partial charge >= 0.3 is 0 Å². The lowest BCUT2D eigenvalue weighted by Gasteiger charge is -2.19. The van der Waals surface area contributed by atoms with Crippen LogP contribution >= 0.6 is 11.7 Å². The summed E-state index contributed by atoms with van der Waals surface area (Å²) in [7, 11) is -4.05. The van der Waals surface area contributed by atoms with Crippen LogP contribution in [-0.2, 0) is 21.2 Å². The maximum Gasteiger partial charge on any atom is 0.244 e. The number of anilines is 1. The highest BCUT2D eigenvalue weighted by Crippen LogP contribution is 2.21. The minimum absolute atomic E-state index is 0.0155. The molecule has 4 aromatic rings. The van der Waals surface area contributed by atoms with Crippen molar-refractivity contribution in [2.24, 2.45) is 0 Å². The Balaban J connectivity index is 1.65.